The average Bonchev–Trinajstić information content (AvgIpc) is 2.88. The van der Waals surface area contributed by atoms with Crippen LogP contribution in [-0.4, -0.2) is 62.7 Å². The lowest BCUT2D eigenvalue weighted by Crippen LogP contribution is -2.51. The maximum absolute atomic E-state index is 12.9. The number of carbonyl (C=O) groups excluding carboxylic acids is 2. The molecule has 1 fully saturated rings. The first-order chi connectivity index (χ1) is 11.7. The van der Waals surface area contributed by atoms with Gasteiger partial charge < -0.3 is 9.80 Å². The SMILES string of the molecule is CC(C)C(=O)N1CCN(S(=O)(=O)c2ccc3c(c2)CC(=O)N3C)CC1. The third kappa shape index (κ3) is 3.16. The number of piperazine rings is 1. The fourth-order valence-electron chi connectivity index (χ4n) is 3.27. The number of sulfonamides is 1. The molecular formula is C17H23N3O4S. The monoisotopic (exact) mass is 365 g/mol. The van der Waals surface area contributed by atoms with Gasteiger partial charge in [0.05, 0.1) is 11.3 Å². The quantitative estimate of drug-likeness (QED) is 0.790. The molecule has 0 aromatic heterocycles. The van der Waals surface area contributed by atoms with Crippen molar-refractivity contribution in [3.05, 3.63) is 23.8 Å². The summed E-state index contributed by atoms with van der Waals surface area (Å²) in [5.41, 5.74) is 1.50. The summed E-state index contributed by atoms with van der Waals surface area (Å²) in [5, 5.41) is 0. The molecule has 1 aromatic carbocycles. The van der Waals surface area contributed by atoms with E-state index in [2.05, 4.69) is 0 Å². The zero-order valence-electron chi connectivity index (χ0n) is 14.7. The Hall–Kier alpha value is -1.93. The van der Waals surface area contributed by atoms with Crippen LogP contribution in [0.2, 0.25) is 0 Å². The minimum absolute atomic E-state index is 0.0367. The fourth-order valence-corrected chi connectivity index (χ4v) is 4.74. The first-order valence-electron chi connectivity index (χ1n) is 8.40. The van der Waals surface area contributed by atoms with E-state index in [1.807, 2.05) is 13.8 Å². The third-order valence-electron chi connectivity index (χ3n) is 4.81. The number of anilines is 1. The van der Waals surface area contributed by atoms with Gasteiger partial charge in [-0.25, -0.2) is 8.42 Å². The molecule has 0 aliphatic carbocycles. The highest BCUT2D eigenvalue weighted by molar-refractivity contribution is 7.89. The Morgan fingerprint density at radius 3 is 2.36 bits per heavy atom. The summed E-state index contributed by atoms with van der Waals surface area (Å²) in [6.45, 7) is 5.07. The van der Waals surface area contributed by atoms with Crippen LogP contribution in [0.3, 0.4) is 0 Å². The van der Waals surface area contributed by atoms with Crippen LogP contribution in [0.15, 0.2) is 23.1 Å². The van der Waals surface area contributed by atoms with E-state index in [4.69, 9.17) is 0 Å². The number of likely N-dealkylation sites (N-methyl/N-ethyl adjacent to an activating group) is 1. The van der Waals surface area contributed by atoms with Gasteiger partial charge in [0.25, 0.3) is 0 Å². The van der Waals surface area contributed by atoms with Gasteiger partial charge in [0, 0.05) is 44.8 Å². The van der Waals surface area contributed by atoms with Crippen LogP contribution in [0.4, 0.5) is 5.69 Å². The van der Waals surface area contributed by atoms with Crippen molar-refractivity contribution in [3.63, 3.8) is 0 Å². The molecule has 2 heterocycles. The number of fused-ring (bicyclic) bond motifs is 1. The number of hydrogen-bond donors (Lipinski definition) is 0. The van der Waals surface area contributed by atoms with Crippen LogP contribution >= 0.6 is 0 Å². The predicted octanol–water partition coefficient (Wildman–Crippen LogP) is 0.694. The molecule has 2 aliphatic heterocycles. The van der Waals surface area contributed by atoms with Crippen molar-refractivity contribution in [2.45, 2.75) is 25.2 Å². The first-order valence-corrected chi connectivity index (χ1v) is 9.84. The van der Waals surface area contributed by atoms with Crippen LogP contribution < -0.4 is 4.90 Å². The third-order valence-corrected chi connectivity index (χ3v) is 6.70. The lowest BCUT2D eigenvalue weighted by atomic mass is 10.2. The van der Waals surface area contributed by atoms with Gasteiger partial charge in [0.2, 0.25) is 21.8 Å². The van der Waals surface area contributed by atoms with Gasteiger partial charge in [0.15, 0.2) is 0 Å². The van der Waals surface area contributed by atoms with Crippen molar-refractivity contribution in [2.24, 2.45) is 5.92 Å². The van der Waals surface area contributed by atoms with Gasteiger partial charge in [-0.3, -0.25) is 9.59 Å². The molecule has 0 saturated carbocycles. The summed E-state index contributed by atoms with van der Waals surface area (Å²) in [6.07, 6.45) is 0.228. The summed E-state index contributed by atoms with van der Waals surface area (Å²) in [6, 6.07) is 4.83. The normalized spacial score (nSPS) is 18.8. The number of hydrogen-bond acceptors (Lipinski definition) is 4. The molecule has 0 bridgehead atoms. The van der Waals surface area contributed by atoms with Crippen molar-refractivity contribution in [1.82, 2.24) is 9.21 Å². The summed E-state index contributed by atoms with van der Waals surface area (Å²) in [5.74, 6) is -0.0733. The van der Waals surface area contributed by atoms with E-state index in [1.54, 1.807) is 35.0 Å². The number of amides is 2. The van der Waals surface area contributed by atoms with Crippen LogP contribution in [-0.2, 0) is 26.0 Å². The molecule has 0 unspecified atom stereocenters. The van der Waals surface area contributed by atoms with Gasteiger partial charge in [-0.2, -0.15) is 4.31 Å². The molecule has 7 nitrogen and oxygen atoms in total. The van der Waals surface area contributed by atoms with Crippen molar-refractivity contribution < 1.29 is 18.0 Å². The number of rotatable bonds is 3. The minimum Gasteiger partial charge on any atom is -0.340 e. The fraction of sp³-hybridized carbons (Fsp3) is 0.529. The van der Waals surface area contributed by atoms with E-state index in [0.717, 1.165) is 11.3 Å². The second-order valence-corrected chi connectivity index (χ2v) is 8.74. The highest BCUT2D eigenvalue weighted by Crippen LogP contribution is 2.31. The summed E-state index contributed by atoms with van der Waals surface area (Å²) >= 11 is 0. The highest BCUT2D eigenvalue weighted by atomic mass is 32.2. The predicted molar refractivity (Wildman–Crippen MR) is 93.7 cm³/mol. The van der Waals surface area contributed by atoms with E-state index in [0.29, 0.717) is 13.1 Å². The highest BCUT2D eigenvalue weighted by Gasteiger charge is 2.32. The molecule has 0 radical (unpaired) electrons. The van der Waals surface area contributed by atoms with E-state index >= 15 is 0 Å². The lowest BCUT2D eigenvalue weighted by molar-refractivity contribution is -0.135. The summed E-state index contributed by atoms with van der Waals surface area (Å²) < 4.78 is 27.2. The van der Waals surface area contributed by atoms with Crippen LogP contribution in [0, 0.1) is 5.92 Å². The Kier molecular flexibility index (Phi) is 4.59. The molecule has 0 atom stereocenters. The van der Waals surface area contributed by atoms with E-state index < -0.39 is 10.0 Å². The van der Waals surface area contributed by atoms with Gasteiger partial charge in [-0.05, 0) is 23.8 Å². The molecule has 25 heavy (non-hydrogen) atoms. The molecule has 2 amide bonds. The van der Waals surface area contributed by atoms with E-state index in [1.165, 1.54) is 4.31 Å². The van der Waals surface area contributed by atoms with Crippen LogP contribution in [0.1, 0.15) is 19.4 Å². The second kappa shape index (κ2) is 6.42. The number of benzene rings is 1. The Bertz CT molecular complexity index is 811. The van der Waals surface area contributed by atoms with Crippen molar-refractivity contribution >= 4 is 27.5 Å². The molecule has 136 valence electrons. The van der Waals surface area contributed by atoms with Crippen molar-refractivity contribution in [1.29, 1.82) is 0 Å². The molecular weight excluding hydrogens is 342 g/mol. The lowest BCUT2D eigenvalue weighted by Gasteiger charge is -2.34. The largest absolute Gasteiger partial charge is 0.340 e. The second-order valence-electron chi connectivity index (χ2n) is 6.80. The molecule has 8 heteroatoms. The van der Waals surface area contributed by atoms with Gasteiger partial charge in [0.1, 0.15) is 0 Å². The zero-order chi connectivity index (χ0) is 18.4. The molecule has 1 saturated heterocycles. The van der Waals surface area contributed by atoms with Crippen molar-refractivity contribution in [3.8, 4) is 0 Å². The van der Waals surface area contributed by atoms with E-state index in [-0.39, 0.29) is 42.1 Å². The Labute approximate surface area is 148 Å². The van der Waals surface area contributed by atoms with Crippen LogP contribution in [0.5, 0.6) is 0 Å². The van der Waals surface area contributed by atoms with Gasteiger partial charge in [-0.1, -0.05) is 13.8 Å². The Balaban J connectivity index is 1.77. The average molecular weight is 365 g/mol. The van der Waals surface area contributed by atoms with Crippen LogP contribution in [0.25, 0.3) is 0 Å². The molecule has 0 spiro atoms. The smallest absolute Gasteiger partial charge is 0.243 e. The molecule has 1 aromatic rings. The summed E-state index contributed by atoms with van der Waals surface area (Å²) in [4.78, 5) is 27.3. The molecule has 0 N–H and O–H groups in total. The molecule has 2 aliphatic rings. The standard InChI is InChI=1S/C17H23N3O4S/c1-12(2)17(22)19-6-8-20(9-7-19)25(23,24)14-4-5-15-13(10-14)11-16(21)18(15)3/h4-5,10,12H,6-9,11H2,1-3H3. The maximum atomic E-state index is 12.9. The molecule has 3 rings (SSSR count). The zero-order valence-corrected chi connectivity index (χ0v) is 15.5. The minimum atomic E-state index is -3.62. The van der Waals surface area contributed by atoms with E-state index in [9.17, 15) is 18.0 Å². The Morgan fingerprint density at radius 1 is 1.12 bits per heavy atom. The summed E-state index contributed by atoms with van der Waals surface area (Å²) in [7, 11) is -1.93. The van der Waals surface area contributed by atoms with Crippen molar-refractivity contribution in [2.75, 3.05) is 38.1 Å². The van der Waals surface area contributed by atoms with Gasteiger partial charge >= 0.3 is 0 Å². The van der Waals surface area contributed by atoms with Gasteiger partial charge in [-0.15, -0.1) is 0 Å². The first kappa shape index (κ1) is 17.9. The number of carbonyl (C=O) groups is 2. The topological polar surface area (TPSA) is 78.0 Å². The number of nitrogens with zero attached hydrogens (tertiary/aromatic N) is 3. The Morgan fingerprint density at radius 2 is 1.76 bits per heavy atom. The maximum Gasteiger partial charge on any atom is 0.243 e.